The van der Waals surface area contributed by atoms with Crippen LogP contribution in [0.1, 0.15) is 117 Å². The highest BCUT2D eigenvalue weighted by Crippen LogP contribution is 2.09. The van der Waals surface area contributed by atoms with Gasteiger partial charge in [0.05, 0.1) is 40.3 Å². The molecule has 0 amide bonds. The van der Waals surface area contributed by atoms with E-state index in [2.05, 4.69) is 123 Å². The summed E-state index contributed by atoms with van der Waals surface area (Å²) in [4.78, 5) is 36.8. The van der Waals surface area contributed by atoms with Crippen molar-refractivity contribution in [2.24, 2.45) is 0 Å². The zero-order valence-corrected chi connectivity index (χ0v) is 37.1. The van der Waals surface area contributed by atoms with Crippen LogP contribution in [0.5, 0.6) is 0 Å². The molecule has 0 saturated carbocycles. The van der Waals surface area contributed by atoms with E-state index in [-0.39, 0.29) is 43.6 Å². The van der Waals surface area contributed by atoms with E-state index < -0.39 is 30.1 Å². The number of rotatable bonds is 36. The van der Waals surface area contributed by atoms with Crippen molar-refractivity contribution in [2.75, 3.05) is 41.0 Å². The van der Waals surface area contributed by atoms with Crippen LogP contribution in [-0.4, -0.2) is 75.5 Å². The van der Waals surface area contributed by atoms with Crippen molar-refractivity contribution < 1.29 is 38.2 Å². The molecule has 0 spiro atoms. The summed E-state index contributed by atoms with van der Waals surface area (Å²) in [5.74, 6) is -1.97. The predicted molar refractivity (Wildman–Crippen MR) is 244 cm³/mol. The Morgan fingerprint density at radius 2 is 0.831 bits per heavy atom. The number of aliphatic carboxylic acids is 1. The molecule has 0 bridgehead atoms. The van der Waals surface area contributed by atoms with Crippen molar-refractivity contribution in [3.8, 4) is 0 Å². The third-order valence-corrected chi connectivity index (χ3v) is 8.56. The van der Waals surface area contributed by atoms with Crippen LogP contribution in [0, 0.1) is 0 Å². The predicted octanol–water partition coefficient (Wildman–Crippen LogP) is 10.7. The Morgan fingerprint density at radius 3 is 1.17 bits per heavy atom. The maximum Gasteiger partial charge on any atom is 0.306 e. The molecule has 0 aromatic carbocycles. The largest absolute Gasteiger partial charge is 0.544 e. The molecule has 328 valence electrons. The summed E-state index contributed by atoms with van der Waals surface area (Å²) in [6.45, 7) is 4.23. The van der Waals surface area contributed by atoms with E-state index in [0.29, 0.717) is 12.8 Å². The lowest BCUT2D eigenvalue weighted by Crippen LogP contribution is -2.55. The highest BCUT2D eigenvalue weighted by atomic mass is 16.6. The Kier molecular flexibility index (Phi) is 37.2. The Labute approximate surface area is 358 Å². The van der Waals surface area contributed by atoms with Crippen molar-refractivity contribution in [3.63, 3.8) is 0 Å². The highest BCUT2D eigenvalue weighted by Gasteiger charge is 2.25. The van der Waals surface area contributed by atoms with E-state index >= 15 is 0 Å². The number of hydrogen-bond donors (Lipinski definition) is 0. The first-order valence-corrected chi connectivity index (χ1v) is 21.7. The number of carboxylic acids is 1. The molecule has 8 heteroatoms. The minimum atomic E-state index is -1.15. The first-order chi connectivity index (χ1) is 28.6. The Hall–Kier alpha value is -4.53. The third kappa shape index (κ3) is 38.7. The molecule has 0 aliphatic heterocycles. The number of carboxylic acid groups (broad SMARTS) is 1. The normalized spacial score (nSPS) is 14.3. The smallest absolute Gasteiger partial charge is 0.306 e. The van der Waals surface area contributed by atoms with Gasteiger partial charge < -0.3 is 28.6 Å². The number of nitrogens with zero attached hydrogens (tertiary/aromatic N) is 1. The average molecular weight is 816 g/mol. The number of likely N-dealkylation sites (N-methyl/N-ethyl adjacent to an activating group) is 1. The number of carbonyl (C=O) groups excluding carboxylic acids is 3. The van der Waals surface area contributed by atoms with Crippen LogP contribution in [0.25, 0.3) is 0 Å². The number of quaternary nitrogens is 1. The summed E-state index contributed by atoms with van der Waals surface area (Å²) in [5, 5.41) is 11.6. The molecule has 0 N–H and O–H groups in total. The average Bonchev–Trinajstić information content (AvgIpc) is 3.19. The first kappa shape index (κ1) is 54.5. The Morgan fingerprint density at radius 1 is 0.492 bits per heavy atom. The van der Waals surface area contributed by atoms with Crippen LogP contribution in [0.3, 0.4) is 0 Å². The fourth-order valence-electron chi connectivity index (χ4n) is 5.26. The molecule has 0 aliphatic rings. The summed E-state index contributed by atoms with van der Waals surface area (Å²) in [6, 6.07) is -0.758. The topological polar surface area (TPSA) is 102 Å². The van der Waals surface area contributed by atoms with E-state index in [1.807, 2.05) is 24.3 Å². The van der Waals surface area contributed by atoms with Crippen LogP contribution in [-0.2, 0) is 28.6 Å². The standard InChI is InChI=1S/C51H77NO7/c1-6-8-10-12-14-16-18-20-22-24-25-26-28-30-32-34-36-38-40-42-50(54)59-47(45-57-44-43-48(51(55)56)52(3,4)5)46-58-49(53)41-39-37-35-33-31-29-27-23-21-19-17-15-13-11-9-7-2/h8-11,14-17,20-23,25-26,29-32,35-38,47-48H,6-7,12-13,18-19,24,27-28,33-34,39-46H2,1-5H3/b10-8+,11-9+,16-14+,17-15+,22-20+,23-21+,26-25+,31-29+,32-30+,37-35+,38-36+. The summed E-state index contributed by atoms with van der Waals surface area (Å²) in [7, 11) is 5.34. The van der Waals surface area contributed by atoms with Crippen LogP contribution < -0.4 is 5.11 Å². The molecule has 0 aromatic heterocycles. The second kappa shape index (κ2) is 40.3. The number of hydrogen-bond acceptors (Lipinski definition) is 7. The second-order valence-corrected chi connectivity index (χ2v) is 14.8. The minimum absolute atomic E-state index is 0.0232. The highest BCUT2D eigenvalue weighted by molar-refractivity contribution is 5.71. The van der Waals surface area contributed by atoms with Gasteiger partial charge in [-0.2, -0.15) is 0 Å². The first-order valence-electron chi connectivity index (χ1n) is 21.7. The lowest BCUT2D eigenvalue weighted by Gasteiger charge is -2.34. The molecule has 0 fully saturated rings. The molecule has 0 rings (SSSR count). The zero-order chi connectivity index (χ0) is 43.5. The van der Waals surface area contributed by atoms with Crippen molar-refractivity contribution >= 4 is 17.9 Å². The Balaban J connectivity index is 4.63. The number of allylic oxidation sites excluding steroid dienone is 22. The van der Waals surface area contributed by atoms with Gasteiger partial charge in [-0.05, 0) is 83.5 Å². The molecule has 0 heterocycles. The third-order valence-electron chi connectivity index (χ3n) is 8.56. The minimum Gasteiger partial charge on any atom is -0.544 e. The van der Waals surface area contributed by atoms with Gasteiger partial charge in [-0.15, -0.1) is 0 Å². The fourth-order valence-corrected chi connectivity index (χ4v) is 5.26. The maximum absolute atomic E-state index is 12.7. The number of esters is 2. The molecular weight excluding hydrogens is 739 g/mol. The lowest BCUT2D eigenvalue weighted by molar-refractivity contribution is -0.889. The van der Waals surface area contributed by atoms with Crippen molar-refractivity contribution in [3.05, 3.63) is 134 Å². The van der Waals surface area contributed by atoms with E-state index in [9.17, 15) is 19.5 Å². The SMILES string of the molecule is CC/C=C/C/C=C/C/C=C/C/C=C/C/C=C/C/C=C/CCC(=O)OC(COCCC(C(=O)[O-])[N+](C)(C)C)COC(=O)CC/C=C/C/C=C/C/C=C/C/C=C/C/C=C/CC. The summed E-state index contributed by atoms with van der Waals surface area (Å²) in [6.07, 6.45) is 58.0. The van der Waals surface area contributed by atoms with Crippen LogP contribution >= 0.6 is 0 Å². The van der Waals surface area contributed by atoms with E-state index in [1.165, 1.54) is 0 Å². The van der Waals surface area contributed by atoms with Crippen molar-refractivity contribution in [1.82, 2.24) is 0 Å². The molecule has 0 aliphatic carbocycles. The van der Waals surface area contributed by atoms with Gasteiger partial charge in [0, 0.05) is 19.3 Å². The van der Waals surface area contributed by atoms with Gasteiger partial charge in [-0.1, -0.05) is 148 Å². The van der Waals surface area contributed by atoms with E-state index in [1.54, 1.807) is 21.1 Å². The molecule has 0 saturated heterocycles. The zero-order valence-electron chi connectivity index (χ0n) is 37.1. The summed E-state index contributed by atoms with van der Waals surface area (Å²) >= 11 is 0. The van der Waals surface area contributed by atoms with Crippen molar-refractivity contribution in [2.45, 2.75) is 129 Å². The second-order valence-electron chi connectivity index (χ2n) is 14.8. The van der Waals surface area contributed by atoms with Crippen LogP contribution in [0.2, 0.25) is 0 Å². The van der Waals surface area contributed by atoms with Gasteiger partial charge in [-0.25, -0.2) is 0 Å². The molecule has 2 atom stereocenters. The van der Waals surface area contributed by atoms with E-state index in [0.717, 1.165) is 70.6 Å². The van der Waals surface area contributed by atoms with Gasteiger partial charge in [0.1, 0.15) is 12.6 Å². The molecule has 59 heavy (non-hydrogen) atoms. The van der Waals surface area contributed by atoms with Crippen LogP contribution in [0.4, 0.5) is 0 Å². The molecule has 2 unspecified atom stereocenters. The number of carbonyl (C=O) groups is 3. The molecule has 8 nitrogen and oxygen atoms in total. The summed E-state index contributed by atoms with van der Waals surface area (Å²) in [5.41, 5.74) is 0. The Bertz CT molecular complexity index is 1420. The maximum atomic E-state index is 12.7. The van der Waals surface area contributed by atoms with Gasteiger partial charge in [0.25, 0.3) is 0 Å². The monoisotopic (exact) mass is 816 g/mol. The molecule has 0 aromatic rings. The summed E-state index contributed by atoms with van der Waals surface area (Å²) < 4.78 is 17.0. The van der Waals surface area contributed by atoms with Crippen molar-refractivity contribution in [1.29, 1.82) is 0 Å². The molecule has 0 radical (unpaired) electrons. The van der Waals surface area contributed by atoms with Gasteiger partial charge in [0.15, 0.2) is 6.10 Å². The van der Waals surface area contributed by atoms with E-state index in [4.69, 9.17) is 14.2 Å². The lowest BCUT2D eigenvalue weighted by atomic mass is 10.1. The molecular formula is C51H77NO7. The fraction of sp³-hybridized carbons (Fsp3) is 0.510. The van der Waals surface area contributed by atoms with Gasteiger partial charge >= 0.3 is 11.9 Å². The van der Waals surface area contributed by atoms with Crippen LogP contribution in [0.15, 0.2) is 134 Å². The van der Waals surface area contributed by atoms with Gasteiger partial charge in [0.2, 0.25) is 0 Å². The van der Waals surface area contributed by atoms with Gasteiger partial charge in [-0.3, -0.25) is 9.59 Å². The number of ether oxygens (including phenoxy) is 3. The quantitative estimate of drug-likeness (QED) is 0.0269.